The van der Waals surface area contributed by atoms with E-state index in [-0.39, 0.29) is 16.7 Å². The van der Waals surface area contributed by atoms with Crippen LogP contribution in [0.1, 0.15) is 18.9 Å². The van der Waals surface area contributed by atoms with Crippen LogP contribution in [0.15, 0.2) is 64.4 Å². The molecule has 4 rings (SSSR count). The summed E-state index contributed by atoms with van der Waals surface area (Å²) < 4.78 is 27.7. The molecular weight excluding hydrogens is 392 g/mol. The zero-order chi connectivity index (χ0) is 19.7. The van der Waals surface area contributed by atoms with E-state index in [1.54, 1.807) is 30.0 Å². The van der Waals surface area contributed by atoms with Crippen LogP contribution in [-0.2, 0) is 14.8 Å². The Morgan fingerprint density at radius 2 is 1.93 bits per heavy atom. The SMILES string of the molecule is CC1CSc2ccc(S(=O)(=O)N3CC=C(c4ccccc4)CC3)cc2NC1=O. The zero-order valence-corrected chi connectivity index (χ0v) is 17.2. The summed E-state index contributed by atoms with van der Waals surface area (Å²) in [6, 6.07) is 15.1. The summed E-state index contributed by atoms with van der Waals surface area (Å²) in [6.07, 6.45) is 2.66. The maximum Gasteiger partial charge on any atom is 0.243 e. The lowest BCUT2D eigenvalue weighted by atomic mass is 10.0. The number of thioether (sulfide) groups is 1. The molecule has 0 radical (unpaired) electrons. The second-order valence-corrected chi connectivity index (χ2v) is 10.1. The predicted molar refractivity (Wildman–Crippen MR) is 113 cm³/mol. The van der Waals surface area contributed by atoms with Gasteiger partial charge in [0.15, 0.2) is 0 Å². The van der Waals surface area contributed by atoms with Crippen molar-refractivity contribution >= 4 is 39.0 Å². The first-order chi connectivity index (χ1) is 13.4. The molecule has 1 unspecified atom stereocenters. The minimum atomic E-state index is -3.62. The van der Waals surface area contributed by atoms with Crippen LogP contribution in [0.4, 0.5) is 5.69 Å². The molecule has 1 N–H and O–H groups in total. The number of fused-ring (bicyclic) bond motifs is 1. The van der Waals surface area contributed by atoms with E-state index in [9.17, 15) is 13.2 Å². The molecule has 0 aliphatic carbocycles. The molecule has 28 heavy (non-hydrogen) atoms. The van der Waals surface area contributed by atoms with Crippen molar-refractivity contribution in [3.05, 3.63) is 60.2 Å². The van der Waals surface area contributed by atoms with Gasteiger partial charge in [-0.05, 0) is 35.8 Å². The first kappa shape index (κ1) is 19.2. The number of benzene rings is 2. The minimum absolute atomic E-state index is 0.0748. The fraction of sp³-hybridized carbons (Fsp3) is 0.286. The van der Waals surface area contributed by atoms with Gasteiger partial charge >= 0.3 is 0 Å². The van der Waals surface area contributed by atoms with Gasteiger partial charge in [-0.15, -0.1) is 11.8 Å². The summed E-state index contributed by atoms with van der Waals surface area (Å²) in [5.41, 5.74) is 2.89. The summed E-state index contributed by atoms with van der Waals surface area (Å²) in [7, 11) is -3.62. The Kier molecular flexibility index (Phi) is 5.31. The van der Waals surface area contributed by atoms with Crippen LogP contribution in [0.5, 0.6) is 0 Å². The van der Waals surface area contributed by atoms with E-state index in [4.69, 9.17) is 0 Å². The van der Waals surface area contributed by atoms with E-state index in [0.29, 0.717) is 31.0 Å². The molecule has 0 saturated carbocycles. The van der Waals surface area contributed by atoms with Gasteiger partial charge in [0, 0.05) is 29.7 Å². The first-order valence-electron chi connectivity index (χ1n) is 9.27. The molecule has 2 aromatic rings. The molecule has 1 amide bonds. The molecule has 146 valence electrons. The van der Waals surface area contributed by atoms with Crippen LogP contribution < -0.4 is 5.32 Å². The second-order valence-electron chi connectivity index (χ2n) is 7.07. The van der Waals surface area contributed by atoms with Gasteiger partial charge in [-0.25, -0.2) is 8.42 Å². The lowest BCUT2D eigenvalue weighted by Gasteiger charge is -2.26. The van der Waals surface area contributed by atoms with Gasteiger partial charge in [0.05, 0.1) is 10.6 Å². The van der Waals surface area contributed by atoms with Gasteiger partial charge < -0.3 is 5.32 Å². The smallest absolute Gasteiger partial charge is 0.243 e. The third kappa shape index (κ3) is 3.74. The first-order valence-corrected chi connectivity index (χ1v) is 11.7. The van der Waals surface area contributed by atoms with Crippen LogP contribution in [0.3, 0.4) is 0 Å². The Labute approximate surface area is 169 Å². The molecule has 0 fully saturated rings. The van der Waals surface area contributed by atoms with Gasteiger partial charge in [-0.3, -0.25) is 4.79 Å². The third-order valence-electron chi connectivity index (χ3n) is 5.10. The molecule has 1 atom stereocenters. The standard InChI is InChI=1S/C21H22N2O3S2/c1-15-14-27-20-8-7-18(13-19(20)22-21(15)24)28(25,26)23-11-9-17(10-12-23)16-5-3-2-4-6-16/h2-9,13,15H,10-12,14H2,1H3,(H,22,24). The molecule has 2 aliphatic rings. The Bertz CT molecular complexity index is 1030. The topological polar surface area (TPSA) is 66.5 Å². The average Bonchev–Trinajstić information content (AvgIpc) is 2.86. The van der Waals surface area contributed by atoms with Crippen molar-refractivity contribution in [2.24, 2.45) is 5.92 Å². The third-order valence-corrected chi connectivity index (χ3v) is 8.29. The predicted octanol–water partition coefficient (Wildman–Crippen LogP) is 3.84. The summed E-state index contributed by atoms with van der Waals surface area (Å²) >= 11 is 1.57. The van der Waals surface area contributed by atoms with E-state index in [0.717, 1.165) is 10.5 Å². The van der Waals surface area contributed by atoms with Crippen LogP contribution >= 0.6 is 11.8 Å². The quantitative estimate of drug-likeness (QED) is 0.829. The molecule has 0 saturated heterocycles. The van der Waals surface area contributed by atoms with Crippen molar-refractivity contribution in [3.8, 4) is 0 Å². The largest absolute Gasteiger partial charge is 0.325 e. The fourth-order valence-electron chi connectivity index (χ4n) is 3.37. The molecule has 0 aromatic heterocycles. The minimum Gasteiger partial charge on any atom is -0.325 e. The highest BCUT2D eigenvalue weighted by molar-refractivity contribution is 7.99. The summed E-state index contributed by atoms with van der Waals surface area (Å²) in [4.78, 5) is 13.2. The van der Waals surface area contributed by atoms with Crippen molar-refractivity contribution < 1.29 is 13.2 Å². The number of carbonyl (C=O) groups excluding carboxylic acids is 1. The number of hydrogen-bond acceptors (Lipinski definition) is 4. The van der Waals surface area contributed by atoms with Crippen LogP contribution in [0, 0.1) is 5.92 Å². The maximum absolute atomic E-state index is 13.1. The lowest BCUT2D eigenvalue weighted by Crippen LogP contribution is -2.34. The van der Waals surface area contributed by atoms with Crippen LogP contribution in [0.25, 0.3) is 5.57 Å². The highest BCUT2D eigenvalue weighted by Crippen LogP contribution is 2.35. The number of nitrogens with one attached hydrogen (secondary N) is 1. The molecule has 2 aromatic carbocycles. The van der Waals surface area contributed by atoms with Gasteiger partial charge in [-0.1, -0.05) is 43.3 Å². The van der Waals surface area contributed by atoms with E-state index in [1.807, 2.05) is 43.3 Å². The normalized spacial score (nSPS) is 20.7. The number of nitrogens with zero attached hydrogens (tertiary/aromatic N) is 1. The zero-order valence-electron chi connectivity index (χ0n) is 15.6. The second kappa shape index (κ2) is 7.73. The van der Waals surface area contributed by atoms with Crippen LogP contribution in [-0.4, -0.2) is 37.5 Å². The fourth-order valence-corrected chi connectivity index (χ4v) is 5.79. The molecule has 5 nitrogen and oxygen atoms in total. The Morgan fingerprint density at radius 3 is 2.64 bits per heavy atom. The number of carbonyl (C=O) groups is 1. The number of amides is 1. The molecule has 2 aliphatic heterocycles. The average molecular weight is 415 g/mol. The Hall–Kier alpha value is -2.09. The monoisotopic (exact) mass is 414 g/mol. The summed E-state index contributed by atoms with van der Waals surface area (Å²) in [5, 5.41) is 2.86. The Balaban J connectivity index is 1.57. The number of rotatable bonds is 3. The molecule has 0 spiro atoms. The van der Waals surface area contributed by atoms with Gasteiger partial charge in [0.1, 0.15) is 0 Å². The van der Waals surface area contributed by atoms with Crippen molar-refractivity contribution in [1.29, 1.82) is 0 Å². The van der Waals surface area contributed by atoms with E-state index in [2.05, 4.69) is 5.32 Å². The van der Waals surface area contributed by atoms with Crippen molar-refractivity contribution in [3.63, 3.8) is 0 Å². The van der Waals surface area contributed by atoms with E-state index >= 15 is 0 Å². The van der Waals surface area contributed by atoms with E-state index < -0.39 is 10.0 Å². The maximum atomic E-state index is 13.1. The van der Waals surface area contributed by atoms with Gasteiger partial charge in [0.2, 0.25) is 15.9 Å². The van der Waals surface area contributed by atoms with Gasteiger partial charge in [0.25, 0.3) is 0 Å². The highest BCUT2D eigenvalue weighted by atomic mass is 32.2. The van der Waals surface area contributed by atoms with Crippen LogP contribution in [0.2, 0.25) is 0 Å². The van der Waals surface area contributed by atoms with Crippen molar-refractivity contribution in [1.82, 2.24) is 4.31 Å². The number of anilines is 1. The Morgan fingerprint density at radius 1 is 1.14 bits per heavy atom. The van der Waals surface area contributed by atoms with Crippen molar-refractivity contribution in [2.75, 3.05) is 24.2 Å². The lowest BCUT2D eigenvalue weighted by molar-refractivity contribution is -0.118. The number of sulfonamides is 1. The summed E-state index contributed by atoms with van der Waals surface area (Å²) in [6.45, 7) is 2.66. The molecular formula is C21H22N2O3S2. The van der Waals surface area contributed by atoms with Gasteiger partial charge in [-0.2, -0.15) is 4.31 Å². The molecule has 0 bridgehead atoms. The van der Waals surface area contributed by atoms with E-state index in [1.165, 1.54) is 9.88 Å². The molecule has 7 heteroatoms. The van der Waals surface area contributed by atoms with Crippen molar-refractivity contribution in [2.45, 2.75) is 23.1 Å². The highest BCUT2D eigenvalue weighted by Gasteiger charge is 2.28. The molecule has 2 heterocycles. The summed E-state index contributed by atoms with van der Waals surface area (Å²) in [5.74, 6) is 0.500. The number of hydrogen-bond donors (Lipinski definition) is 1.